The smallest absolute Gasteiger partial charge is 0.356 e. The summed E-state index contributed by atoms with van der Waals surface area (Å²) in [6, 6.07) is 0. The minimum Gasteiger partial charge on any atom is -0.476 e. The van der Waals surface area contributed by atoms with Gasteiger partial charge in [0.25, 0.3) is 5.91 Å². The lowest BCUT2D eigenvalue weighted by Crippen LogP contribution is -2.20. The van der Waals surface area contributed by atoms with E-state index in [4.69, 9.17) is 9.84 Å². The number of nitrogens with one attached hydrogen (secondary N) is 1. The molecule has 0 aliphatic carbocycles. The molecular weight excluding hydrogens is 334 g/mol. The summed E-state index contributed by atoms with van der Waals surface area (Å²) in [4.78, 5) is 43.9. The molecule has 0 radical (unpaired) electrons. The maximum atomic E-state index is 12.4. The van der Waals surface area contributed by atoms with E-state index in [1.165, 1.54) is 23.7 Å². The molecule has 8 nitrogen and oxygen atoms in total. The van der Waals surface area contributed by atoms with Gasteiger partial charge in [0, 0.05) is 17.3 Å². The van der Waals surface area contributed by atoms with Gasteiger partial charge in [-0.1, -0.05) is 0 Å². The van der Waals surface area contributed by atoms with Gasteiger partial charge in [0.15, 0.2) is 11.4 Å². The lowest BCUT2D eigenvalue weighted by Gasteiger charge is -2.07. The summed E-state index contributed by atoms with van der Waals surface area (Å²) in [7, 11) is 0. The van der Waals surface area contributed by atoms with E-state index in [2.05, 4.69) is 15.3 Å². The van der Waals surface area contributed by atoms with E-state index in [-0.39, 0.29) is 22.9 Å². The molecule has 9 heteroatoms. The zero-order valence-corrected chi connectivity index (χ0v) is 14.1. The van der Waals surface area contributed by atoms with Crippen LogP contribution in [0, 0.1) is 13.8 Å². The Hall–Kier alpha value is -2.81. The Kier molecular flexibility index (Phi) is 5.24. The van der Waals surface area contributed by atoms with Crippen LogP contribution in [0.1, 0.15) is 48.7 Å². The molecule has 0 bridgehead atoms. The van der Waals surface area contributed by atoms with E-state index < -0.39 is 23.5 Å². The molecule has 2 rings (SSSR count). The number of rotatable bonds is 5. The van der Waals surface area contributed by atoms with Crippen molar-refractivity contribution in [1.82, 2.24) is 9.97 Å². The van der Waals surface area contributed by atoms with E-state index in [1.54, 1.807) is 13.8 Å². The van der Waals surface area contributed by atoms with E-state index in [9.17, 15) is 14.4 Å². The first-order valence-electron chi connectivity index (χ1n) is 6.99. The third-order valence-corrected chi connectivity index (χ3v) is 4.33. The quantitative estimate of drug-likeness (QED) is 0.795. The average molecular weight is 349 g/mol. The topological polar surface area (TPSA) is 118 Å². The number of esters is 1. The molecule has 2 N–H and O–H groups in total. The first-order valence-corrected chi connectivity index (χ1v) is 7.81. The fraction of sp³-hybridized carbons (Fsp3) is 0.267. The van der Waals surface area contributed by atoms with Crippen LogP contribution in [0.25, 0.3) is 0 Å². The van der Waals surface area contributed by atoms with Crippen molar-refractivity contribution < 1.29 is 24.2 Å². The summed E-state index contributed by atoms with van der Waals surface area (Å²) in [6.07, 6.45) is 2.41. The number of carboxylic acid groups (broad SMARTS) is 1. The summed E-state index contributed by atoms with van der Waals surface area (Å²) in [5, 5.41) is 11.9. The Bertz CT molecular complexity index is 815. The number of aryl methyl sites for hydroxylation is 1. The Labute approximate surface area is 141 Å². The molecule has 0 aliphatic rings. The predicted octanol–water partition coefficient (Wildman–Crippen LogP) is 2.28. The summed E-state index contributed by atoms with van der Waals surface area (Å²) in [5.74, 6) is -2.67. The molecule has 0 aromatic carbocycles. The third-order valence-electron chi connectivity index (χ3n) is 3.21. The monoisotopic (exact) mass is 349 g/mol. The minimum atomic E-state index is -1.36. The molecule has 24 heavy (non-hydrogen) atoms. The van der Waals surface area contributed by atoms with Crippen LogP contribution in [0.3, 0.4) is 0 Å². The number of carboxylic acids is 1. The van der Waals surface area contributed by atoms with Crippen molar-refractivity contribution >= 4 is 34.2 Å². The second-order valence-corrected chi connectivity index (χ2v) is 5.95. The summed E-state index contributed by atoms with van der Waals surface area (Å²) in [6.45, 7) is 5.44. The number of amides is 1. The van der Waals surface area contributed by atoms with Crippen molar-refractivity contribution in [2.45, 2.75) is 20.8 Å². The number of carbonyl (C=O) groups is 3. The number of aromatic carboxylic acids is 1. The summed E-state index contributed by atoms with van der Waals surface area (Å²) in [5.41, 5.74) is 0.168. The van der Waals surface area contributed by atoms with Crippen LogP contribution in [0.5, 0.6) is 0 Å². The van der Waals surface area contributed by atoms with E-state index >= 15 is 0 Å². The van der Waals surface area contributed by atoms with Gasteiger partial charge in [0.2, 0.25) is 0 Å². The molecule has 0 atom stereocenters. The van der Waals surface area contributed by atoms with Crippen molar-refractivity contribution in [1.29, 1.82) is 0 Å². The minimum absolute atomic E-state index is 0.202. The zero-order chi connectivity index (χ0) is 17.9. The van der Waals surface area contributed by atoms with Crippen molar-refractivity contribution in [3.63, 3.8) is 0 Å². The lowest BCUT2D eigenvalue weighted by molar-refractivity contribution is 0.0526. The number of nitrogens with zero attached hydrogens (tertiary/aromatic N) is 2. The van der Waals surface area contributed by atoms with E-state index in [0.717, 1.165) is 4.88 Å². The fourth-order valence-electron chi connectivity index (χ4n) is 1.99. The highest BCUT2D eigenvalue weighted by atomic mass is 32.1. The molecule has 0 saturated carbocycles. The van der Waals surface area contributed by atoms with Crippen LogP contribution in [-0.2, 0) is 4.74 Å². The average Bonchev–Trinajstić information content (AvgIpc) is 2.81. The van der Waals surface area contributed by atoms with Gasteiger partial charge < -0.3 is 15.2 Å². The third kappa shape index (κ3) is 3.40. The van der Waals surface area contributed by atoms with E-state index in [0.29, 0.717) is 5.56 Å². The Morgan fingerprint density at radius 1 is 1.21 bits per heavy atom. The number of carbonyl (C=O) groups excluding carboxylic acids is 2. The maximum absolute atomic E-state index is 12.4. The maximum Gasteiger partial charge on any atom is 0.356 e. The van der Waals surface area contributed by atoms with Crippen LogP contribution in [0.15, 0.2) is 12.4 Å². The fourth-order valence-corrected chi connectivity index (χ4v) is 3.03. The first kappa shape index (κ1) is 17.5. The molecule has 0 aliphatic heterocycles. The summed E-state index contributed by atoms with van der Waals surface area (Å²) < 4.78 is 5.01. The second kappa shape index (κ2) is 7.18. The lowest BCUT2D eigenvalue weighted by atomic mass is 10.1. The Morgan fingerprint density at radius 3 is 2.42 bits per heavy atom. The van der Waals surface area contributed by atoms with Gasteiger partial charge in [-0.05, 0) is 26.3 Å². The number of ether oxygens (including phenoxy) is 1. The summed E-state index contributed by atoms with van der Waals surface area (Å²) >= 11 is 1.20. The number of anilines is 1. The van der Waals surface area contributed by atoms with Crippen LogP contribution in [0.2, 0.25) is 0 Å². The number of hydrogen-bond donors (Lipinski definition) is 2. The van der Waals surface area contributed by atoms with Crippen molar-refractivity contribution in [3.8, 4) is 0 Å². The predicted molar refractivity (Wildman–Crippen MR) is 86.7 cm³/mol. The molecule has 126 valence electrons. The second-order valence-electron chi connectivity index (χ2n) is 4.72. The number of thiophene rings is 1. The van der Waals surface area contributed by atoms with Gasteiger partial charge in [-0.15, -0.1) is 11.3 Å². The van der Waals surface area contributed by atoms with E-state index in [1.807, 2.05) is 6.92 Å². The Morgan fingerprint density at radius 2 is 1.83 bits per heavy atom. The highest BCUT2D eigenvalue weighted by Gasteiger charge is 2.25. The number of aromatic nitrogens is 2. The van der Waals surface area contributed by atoms with Gasteiger partial charge in [0.05, 0.1) is 12.2 Å². The molecule has 0 saturated heterocycles. The first-order chi connectivity index (χ1) is 11.4. The van der Waals surface area contributed by atoms with Crippen molar-refractivity contribution in [2.24, 2.45) is 0 Å². The molecule has 0 fully saturated rings. The van der Waals surface area contributed by atoms with Crippen molar-refractivity contribution in [3.05, 3.63) is 39.8 Å². The van der Waals surface area contributed by atoms with Gasteiger partial charge in [0.1, 0.15) is 5.00 Å². The molecule has 0 spiro atoms. The SMILES string of the molecule is CCOC(=O)c1c(NC(=O)c2nccnc2C(=O)O)sc(C)c1C. The molecule has 2 heterocycles. The highest BCUT2D eigenvalue weighted by molar-refractivity contribution is 7.16. The van der Waals surface area contributed by atoms with Crippen LogP contribution in [0.4, 0.5) is 5.00 Å². The standard InChI is InChI=1S/C15H15N3O5S/c1-4-23-15(22)9-7(2)8(3)24-13(9)18-12(19)10-11(14(20)21)17-6-5-16-10/h5-6H,4H2,1-3H3,(H,18,19)(H,20,21). The normalized spacial score (nSPS) is 10.3. The Balaban J connectivity index is 2.39. The van der Waals surface area contributed by atoms with Gasteiger partial charge in [-0.25, -0.2) is 19.6 Å². The van der Waals surface area contributed by atoms with Crippen LogP contribution in [-0.4, -0.2) is 39.5 Å². The molecule has 1 amide bonds. The van der Waals surface area contributed by atoms with Gasteiger partial charge in [-0.2, -0.15) is 0 Å². The van der Waals surface area contributed by atoms with Crippen LogP contribution >= 0.6 is 11.3 Å². The molecule has 2 aromatic heterocycles. The van der Waals surface area contributed by atoms with Crippen molar-refractivity contribution in [2.75, 3.05) is 11.9 Å². The molecule has 2 aromatic rings. The highest BCUT2D eigenvalue weighted by Crippen LogP contribution is 2.33. The molecule has 0 unspecified atom stereocenters. The zero-order valence-electron chi connectivity index (χ0n) is 13.2. The largest absolute Gasteiger partial charge is 0.476 e. The van der Waals surface area contributed by atoms with Gasteiger partial charge >= 0.3 is 11.9 Å². The molecular formula is C15H15N3O5S. The number of hydrogen-bond acceptors (Lipinski definition) is 7. The van der Waals surface area contributed by atoms with Crippen LogP contribution < -0.4 is 5.32 Å². The van der Waals surface area contributed by atoms with Gasteiger partial charge in [-0.3, -0.25) is 4.79 Å².